The molecule has 0 bridgehead atoms. The number of aliphatic hydroxyl groups excluding tert-OH is 1. The van der Waals surface area contributed by atoms with Crippen LogP contribution in [0.3, 0.4) is 0 Å². The number of carbonyl (C=O) groups is 1. The van der Waals surface area contributed by atoms with E-state index in [1.807, 2.05) is 4.57 Å². The summed E-state index contributed by atoms with van der Waals surface area (Å²) < 4.78 is 11.9. The van der Waals surface area contributed by atoms with Gasteiger partial charge >= 0.3 is 5.97 Å². The quantitative estimate of drug-likeness (QED) is 0.423. The van der Waals surface area contributed by atoms with Crippen LogP contribution in [0.1, 0.15) is 26.0 Å². The lowest BCUT2D eigenvalue weighted by Crippen LogP contribution is -2.18. The van der Waals surface area contributed by atoms with Crippen molar-refractivity contribution in [3.05, 3.63) is 11.9 Å². The molecule has 1 atom stereocenters. The highest BCUT2D eigenvalue weighted by Gasteiger charge is 2.19. The van der Waals surface area contributed by atoms with Crippen molar-refractivity contribution in [2.75, 3.05) is 20.3 Å². The van der Waals surface area contributed by atoms with Gasteiger partial charge in [-0.1, -0.05) is 11.8 Å². The van der Waals surface area contributed by atoms with Crippen LogP contribution in [0.2, 0.25) is 0 Å². The van der Waals surface area contributed by atoms with Gasteiger partial charge in [0, 0.05) is 20.3 Å². The fraction of sp³-hybridized carbons (Fsp3) is 0.692. The van der Waals surface area contributed by atoms with E-state index in [1.54, 1.807) is 27.2 Å². The zero-order valence-corrected chi connectivity index (χ0v) is 13.0. The fourth-order valence-corrected chi connectivity index (χ4v) is 2.61. The van der Waals surface area contributed by atoms with Crippen molar-refractivity contribution in [1.29, 1.82) is 0 Å². The predicted molar refractivity (Wildman–Crippen MR) is 76.6 cm³/mol. The van der Waals surface area contributed by atoms with Crippen LogP contribution in [0.5, 0.6) is 0 Å². The summed E-state index contributed by atoms with van der Waals surface area (Å²) in [6, 6.07) is 0. The highest BCUT2D eigenvalue weighted by molar-refractivity contribution is 8.00. The van der Waals surface area contributed by atoms with Crippen molar-refractivity contribution in [3.63, 3.8) is 0 Å². The van der Waals surface area contributed by atoms with Crippen LogP contribution < -0.4 is 0 Å². The maximum absolute atomic E-state index is 11.6. The average molecular weight is 302 g/mol. The van der Waals surface area contributed by atoms with Gasteiger partial charge in [0.25, 0.3) is 0 Å². The molecular formula is C13H22N2O4S. The molecule has 0 saturated heterocycles. The number of nitrogens with zero attached hydrogens (tertiary/aromatic N) is 2. The fourth-order valence-electron chi connectivity index (χ4n) is 1.68. The molecule has 0 aliphatic rings. The van der Waals surface area contributed by atoms with E-state index in [9.17, 15) is 9.90 Å². The van der Waals surface area contributed by atoms with Gasteiger partial charge in [0.15, 0.2) is 5.16 Å². The second-order valence-electron chi connectivity index (χ2n) is 4.20. The van der Waals surface area contributed by atoms with Crippen LogP contribution in [0.15, 0.2) is 11.4 Å². The number of hydrogen-bond acceptors (Lipinski definition) is 6. The number of imidazole rings is 1. The van der Waals surface area contributed by atoms with Gasteiger partial charge < -0.3 is 19.1 Å². The molecule has 0 aromatic carbocycles. The molecule has 0 radical (unpaired) electrons. The van der Waals surface area contributed by atoms with Gasteiger partial charge in [-0.15, -0.1) is 0 Å². The minimum Gasteiger partial charge on any atom is -0.465 e. The lowest BCUT2D eigenvalue weighted by molar-refractivity contribution is -0.142. The van der Waals surface area contributed by atoms with Crippen molar-refractivity contribution in [3.8, 4) is 0 Å². The van der Waals surface area contributed by atoms with Crippen LogP contribution in [0.4, 0.5) is 0 Å². The monoisotopic (exact) mass is 302 g/mol. The Kier molecular flexibility index (Phi) is 7.64. The van der Waals surface area contributed by atoms with Gasteiger partial charge in [0.2, 0.25) is 0 Å². The average Bonchev–Trinajstić information content (AvgIpc) is 2.81. The van der Waals surface area contributed by atoms with Crippen LogP contribution in [0, 0.1) is 0 Å². The number of aromatic nitrogens is 2. The number of aliphatic hydroxyl groups is 1. The van der Waals surface area contributed by atoms with Gasteiger partial charge in [-0.25, -0.2) is 4.98 Å². The molecule has 1 aromatic rings. The summed E-state index contributed by atoms with van der Waals surface area (Å²) in [6.07, 6.45) is 2.45. The molecule has 0 spiro atoms. The van der Waals surface area contributed by atoms with Gasteiger partial charge in [0.1, 0.15) is 5.25 Å². The van der Waals surface area contributed by atoms with E-state index >= 15 is 0 Å². The number of thioether (sulfide) groups is 1. The Hall–Kier alpha value is -1.05. The van der Waals surface area contributed by atoms with Gasteiger partial charge in [-0.05, 0) is 20.3 Å². The minimum atomic E-state index is -0.329. The smallest absolute Gasteiger partial charge is 0.319 e. The van der Waals surface area contributed by atoms with Gasteiger partial charge in [-0.3, -0.25) is 4.79 Å². The number of esters is 1. The maximum Gasteiger partial charge on any atom is 0.319 e. The Bertz CT molecular complexity index is 423. The van der Waals surface area contributed by atoms with Crippen molar-refractivity contribution >= 4 is 17.7 Å². The van der Waals surface area contributed by atoms with Crippen molar-refractivity contribution in [1.82, 2.24) is 9.55 Å². The van der Waals surface area contributed by atoms with Crippen molar-refractivity contribution in [2.24, 2.45) is 0 Å². The molecular weight excluding hydrogens is 280 g/mol. The molecule has 1 N–H and O–H groups in total. The van der Waals surface area contributed by atoms with Crippen molar-refractivity contribution < 1.29 is 19.4 Å². The van der Waals surface area contributed by atoms with E-state index in [0.29, 0.717) is 24.9 Å². The number of rotatable bonds is 9. The first-order valence-electron chi connectivity index (χ1n) is 6.61. The normalized spacial score (nSPS) is 12.4. The largest absolute Gasteiger partial charge is 0.465 e. The summed E-state index contributed by atoms with van der Waals surface area (Å²) >= 11 is 1.34. The third-order valence-electron chi connectivity index (χ3n) is 2.69. The zero-order valence-electron chi connectivity index (χ0n) is 12.2. The summed E-state index contributed by atoms with van der Waals surface area (Å²) in [4.78, 5) is 15.9. The Morgan fingerprint density at radius 3 is 2.95 bits per heavy atom. The zero-order chi connectivity index (χ0) is 15.0. The van der Waals surface area contributed by atoms with Crippen LogP contribution in [-0.4, -0.2) is 46.2 Å². The Balaban J connectivity index is 2.73. The van der Waals surface area contributed by atoms with E-state index in [4.69, 9.17) is 9.47 Å². The highest BCUT2D eigenvalue weighted by Crippen LogP contribution is 2.24. The number of hydrogen-bond donors (Lipinski definition) is 1. The maximum atomic E-state index is 11.6. The highest BCUT2D eigenvalue weighted by atomic mass is 32.2. The standard InChI is InChI=1S/C13H22N2O4S/c1-4-19-12(17)10(2)20-13-14-8-11(9-16)15(13)6-5-7-18-3/h8,10,16H,4-7,9H2,1-3H3. The number of methoxy groups -OCH3 is 1. The Morgan fingerprint density at radius 2 is 2.35 bits per heavy atom. The van der Waals surface area contributed by atoms with Gasteiger partial charge in [0.05, 0.1) is 25.1 Å². The molecule has 0 amide bonds. The van der Waals surface area contributed by atoms with E-state index in [1.165, 1.54) is 11.8 Å². The molecule has 1 unspecified atom stereocenters. The second kappa shape index (κ2) is 8.99. The molecule has 20 heavy (non-hydrogen) atoms. The van der Waals surface area contributed by atoms with E-state index < -0.39 is 0 Å². The summed E-state index contributed by atoms with van der Waals surface area (Å²) in [5.74, 6) is -0.255. The Labute approximate surface area is 123 Å². The van der Waals surface area contributed by atoms with E-state index in [-0.39, 0.29) is 17.8 Å². The number of carbonyl (C=O) groups excluding carboxylic acids is 1. The topological polar surface area (TPSA) is 73.6 Å². The first-order chi connectivity index (χ1) is 9.63. The van der Waals surface area contributed by atoms with Crippen LogP contribution in [0.25, 0.3) is 0 Å². The molecule has 114 valence electrons. The molecule has 0 fully saturated rings. The lowest BCUT2D eigenvalue weighted by atomic mass is 10.4. The minimum absolute atomic E-state index is 0.0751. The molecule has 1 rings (SSSR count). The van der Waals surface area contributed by atoms with E-state index in [2.05, 4.69) is 4.98 Å². The van der Waals surface area contributed by atoms with Gasteiger partial charge in [-0.2, -0.15) is 0 Å². The second-order valence-corrected chi connectivity index (χ2v) is 5.51. The predicted octanol–water partition coefficient (Wildman–Crippen LogP) is 1.46. The molecule has 7 heteroatoms. The first kappa shape index (κ1) is 17.0. The third-order valence-corrected chi connectivity index (χ3v) is 3.78. The van der Waals surface area contributed by atoms with Crippen LogP contribution in [-0.2, 0) is 27.4 Å². The molecule has 1 aromatic heterocycles. The van der Waals surface area contributed by atoms with E-state index in [0.717, 1.165) is 12.1 Å². The van der Waals surface area contributed by atoms with Crippen LogP contribution >= 0.6 is 11.8 Å². The Morgan fingerprint density at radius 1 is 1.60 bits per heavy atom. The summed E-state index contributed by atoms with van der Waals surface area (Å²) in [6.45, 7) is 5.20. The third kappa shape index (κ3) is 4.81. The molecule has 0 aliphatic heterocycles. The molecule has 0 saturated carbocycles. The van der Waals surface area contributed by atoms with Crippen molar-refractivity contribution in [2.45, 2.75) is 43.8 Å². The SMILES string of the molecule is CCOC(=O)C(C)Sc1ncc(CO)n1CCCOC. The molecule has 6 nitrogen and oxygen atoms in total. The lowest BCUT2D eigenvalue weighted by Gasteiger charge is -2.13. The summed E-state index contributed by atoms with van der Waals surface area (Å²) in [5.41, 5.74) is 0.736. The summed E-state index contributed by atoms with van der Waals surface area (Å²) in [5, 5.41) is 9.71. The first-order valence-corrected chi connectivity index (χ1v) is 7.49. The number of ether oxygens (including phenoxy) is 2. The molecule has 1 heterocycles. The summed E-state index contributed by atoms with van der Waals surface area (Å²) in [7, 11) is 1.65. The molecule has 0 aliphatic carbocycles.